The van der Waals surface area contributed by atoms with E-state index < -0.39 is 0 Å². The predicted octanol–water partition coefficient (Wildman–Crippen LogP) is 1.28. The van der Waals surface area contributed by atoms with Crippen molar-refractivity contribution in [1.82, 2.24) is 25.0 Å². The number of nitrogens with zero attached hydrogens (tertiary/aromatic N) is 4. The molecule has 1 aliphatic rings. The molecular formula is C13H25N5. The first-order valence-corrected chi connectivity index (χ1v) is 7.13. The van der Waals surface area contributed by atoms with E-state index in [-0.39, 0.29) is 0 Å². The number of H-pyrrole nitrogens is 1. The molecule has 102 valence electrons. The van der Waals surface area contributed by atoms with E-state index in [0.717, 1.165) is 44.2 Å². The van der Waals surface area contributed by atoms with Gasteiger partial charge in [0.15, 0.2) is 0 Å². The second kappa shape index (κ2) is 6.29. The number of aryl methyl sites for hydroxylation is 1. The number of rotatable bonds is 6. The van der Waals surface area contributed by atoms with Gasteiger partial charge in [0.05, 0.1) is 6.54 Å². The molecule has 0 aliphatic carbocycles. The van der Waals surface area contributed by atoms with Crippen LogP contribution in [-0.4, -0.2) is 57.2 Å². The molecule has 0 aromatic carbocycles. The Balaban J connectivity index is 1.85. The Morgan fingerprint density at radius 2 is 2.11 bits per heavy atom. The summed E-state index contributed by atoms with van der Waals surface area (Å²) in [5.41, 5.74) is 0. The minimum atomic E-state index is 0.716. The lowest BCUT2D eigenvalue weighted by molar-refractivity contribution is 0.208. The van der Waals surface area contributed by atoms with E-state index in [4.69, 9.17) is 0 Å². The van der Waals surface area contributed by atoms with Crippen molar-refractivity contribution in [2.24, 2.45) is 0 Å². The molecule has 0 amide bonds. The summed E-state index contributed by atoms with van der Waals surface area (Å²) >= 11 is 0. The van der Waals surface area contributed by atoms with E-state index in [9.17, 15) is 0 Å². The molecular weight excluding hydrogens is 226 g/mol. The zero-order chi connectivity index (χ0) is 13.0. The van der Waals surface area contributed by atoms with Crippen LogP contribution in [0.1, 0.15) is 38.8 Å². The third-order valence-electron chi connectivity index (χ3n) is 3.84. The number of hydrogen-bond acceptors (Lipinski definition) is 4. The van der Waals surface area contributed by atoms with E-state index in [1.54, 1.807) is 0 Å². The highest BCUT2D eigenvalue weighted by Gasteiger charge is 2.26. The van der Waals surface area contributed by atoms with Crippen LogP contribution < -0.4 is 0 Å². The fourth-order valence-corrected chi connectivity index (χ4v) is 2.77. The number of hydrogen-bond donors (Lipinski definition) is 1. The fourth-order valence-electron chi connectivity index (χ4n) is 2.77. The minimum Gasteiger partial charge on any atom is -0.300 e. The van der Waals surface area contributed by atoms with Crippen LogP contribution in [0.2, 0.25) is 0 Å². The van der Waals surface area contributed by atoms with Crippen LogP contribution in [0.5, 0.6) is 0 Å². The van der Waals surface area contributed by atoms with Crippen LogP contribution >= 0.6 is 0 Å². The van der Waals surface area contributed by atoms with Crippen molar-refractivity contribution < 1.29 is 0 Å². The molecule has 0 saturated carbocycles. The second-order valence-corrected chi connectivity index (χ2v) is 4.95. The predicted molar refractivity (Wildman–Crippen MR) is 72.4 cm³/mol. The molecule has 18 heavy (non-hydrogen) atoms. The lowest BCUT2D eigenvalue weighted by Gasteiger charge is -2.26. The molecule has 1 unspecified atom stereocenters. The third-order valence-corrected chi connectivity index (χ3v) is 3.84. The molecule has 1 aromatic rings. The Kier molecular flexibility index (Phi) is 4.72. The topological polar surface area (TPSA) is 48.1 Å². The first-order valence-electron chi connectivity index (χ1n) is 7.13. The normalized spacial score (nSPS) is 21.0. The van der Waals surface area contributed by atoms with Crippen molar-refractivity contribution in [1.29, 1.82) is 0 Å². The van der Waals surface area contributed by atoms with Gasteiger partial charge < -0.3 is 0 Å². The maximum atomic E-state index is 4.48. The molecule has 1 aromatic heterocycles. The number of aromatic nitrogens is 3. The number of likely N-dealkylation sites (N-methyl/N-ethyl adjacent to an activating group) is 1. The monoisotopic (exact) mass is 251 g/mol. The molecule has 5 nitrogen and oxygen atoms in total. The zero-order valence-corrected chi connectivity index (χ0v) is 11.8. The smallest absolute Gasteiger partial charge is 0.150 e. The summed E-state index contributed by atoms with van der Waals surface area (Å²) in [7, 11) is 0. The van der Waals surface area contributed by atoms with Crippen LogP contribution in [0.15, 0.2) is 0 Å². The molecule has 0 spiro atoms. The van der Waals surface area contributed by atoms with Gasteiger partial charge in [-0.25, -0.2) is 4.98 Å². The number of aromatic amines is 1. The highest BCUT2D eigenvalue weighted by molar-refractivity contribution is 4.92. The summed E-state index contributed by atoms with van der Waals surface area (Å²) < 4.78 is 0. The van der Waals surface area contributed by atoms with Crippen molar-refractivity contribution in [3.05, 3.63) is 11.6 Å². The summed E-state index contributed by atoms with van der Waals surface area (Å²) in [6.45, 7) is 12.1. The zero-order valence-electron chi connectivity index (χ0n) is 11.8. The standard InChI is InChI=1S/C13H25N5/c1-4-12-14-13(16-15-12)10-17-8-7-11(9-17)18(5-2)6-3/h11H,4-10H2,1-3H3,(H,14,15,16). The first kappa shape index (κ1) is 13.5. The Morgan fingerprint density at radius 1 is 1.33 bits per heavy atom. The third kappa shape index (κ3) is 3.09. The molecule has 1 N–H and O–H groups in total. The van der Waals surface area contributed by atoms with Crippen LogP contribution in [-0.2, 0) is 13.0 Å². The molecule has 1 saturated heterocycles. The molecule has 1 fully saturated rings. The average Bonchev–Trinajstić information content (AvgIpc) is 3.01. The van der Waals surface area contributed by atoms with Crippen LogP contribution in [0.25, 0.3) is 0 Å². The summed E-state index contributed by atoms with van der Waals surface area (Å²) in [5.74, 6) is 1.93. The molecule has 1 atom stereocenters. The van der Waals surface area contributed by atoms with Gasteiger partial charge in [-0.3, -0.25) is 14.9 Å². The van der Waals surface area contributed by atoms with Crippen molar-refractivity contribution >= 4 is 0 Å². The molecule has 0 radical (unpaired) electrons. The van der Waals surface area contributed by atoms with Crippen LogP contribution in [0.3, 0.4) is 0 Å². The summed E-state index contributed by atoms with van der Waals surface area (Å²) in [5, 5.41) is 7.23. The highest BCUT2D eigenvalue weighted by atomic mass is 15.3. The van der Waals surface area contributed by atoms with Crippen LogP contribution in [0.4, 0.5) is 0 Å². The minimum absolute atomic E-state index is 0.716. The summed E-state index contributed by atoms with van der Waals surface area (Å²) in [6, 6.07) is 0.716. The van der Waals surface area contributed by atoms with Gasteiger partial charge in [0.1, 0.15) is 11.6 Å². The van der Waals surface area contributed by atoms with Crippen LogP contribution in [0, 0.1) is 0 Å². The van der Waals surface area contributed by atoms with Gasteiger partial charge in [-0.2, -0.15) is 5.10 Å². The maximum Gasteiger partial charge on any atom is 0.150 e. The van der Waals surface area contributed by atoms with E-state index in [1.165, 1.54) is 13.0 Å². The molecule has 2 rings (SSSR count). The van der Waals surface area contributed by atoms with Gasteiger partial charge in [0.2, 0.25) is 0 Å². The van der Waals surface area contributed by atoms with Gasteiger partial charge in [-0.05, 0) is 19.5 Å². The Bertz CT molecular complexity index is 358. The summed E-state index contributed by atoms with van der Waals surface area (Å²) in [6.07, 6.45) is 2.18. The van der Waals surface area contributed by atoms with E-state index in [0.29, 0.717) is 6.04 Å². The van der Waals surface area contributed by atoms with Gasteiger partial charge in [-0.15, -0.1) is 0 Å². The molecule has 0 bridgehead atoms. The van der Waals surface area contributed by atoms with Gasteiger partial charge in [-0.1, -0.05) is 20.8 Å². The molecule has 1 aliphatic heterocycles. The van der Waals surface area contributed by atoms with Crippen molar-refractivity contribution in [3.63, 3.8) is 0 Å². The average molecular weight is 251 g/mol. The van der Waals surface area contributed by atoms with Gasteiger partial charge in [0.25, 0.3) is 0 Å². The Hall–Kier alpha value is -0.940. The number of nitrogens with one attached hydrogen (secondary N) is 1. The first-order chi connectivity index (χ1) is 8.76. The van der Waals surface area contributed by atoms with Gasteiger partial charge >= 0.3 is 0 Å². The van der Waals surface area contributed by atoms with Crippen molar-refractivity contribution in [3.8, 4) is 0 Å². The van der Waals surface area contributed by atoms with E-state index in [2.05, 4.69) is 45.8 Å². The van der Waals surface area contributed by atoms with E-state index >= 15 is 0 Å². The quantitative estimate of drug-likeness (QED) is 0.827. The van der Waals surface area contributed by atoms with Crippen molar-refractivity contribution in [2.45, 2.75) is 46.2 Å². The SMILES string of the molecule is CCc1n[nH]c(CN2CCC(N(CC)CC)C2)n1. The Morgan fingerprint density at radius 3 is 2.72 bits per heavy atom. The Labute approximate surface area is 110 Å². The molecule has 5 heteroatoms. The number of likely N-dealkylation sites (tertiary alicyclic amines) is 1. The second-order valence-electron chi connectivity index (χ2n) is 4.95. The lowest BCUT2D eigenvalue weighted by Crippen LogP contribution is -2.37. The maximum absolute atomic E-state index is 4.48. The summed E-state index contributed by atoms with van der Waals surface area (Å²) in [4.78, 5) is 9.51. The largest absolute Gasteiger partial charge is 0.300 e. The molecule has 2 heterocycles. The van der Waals surface area contributed by atoms with Crippen molar-refractivity contribution in [2.75, 3.05) is 26.2 Å². The highest BCUT2D eigenvalue weighted by Crippen LogP contribution is 2.16. The fraction of sp³-hybridized carbons (Fsp3) is 0.846. The van der Waals surface area contributed by atoms with Gasteiger partial charge in [0, 0.05) is 25.6 Å². The lowest BCUT2D eigenvalue weighted by atomic mass is 10.2. The van der Waals surface area contributed by atoms with E-state index in [1.807, 2.05) is 0 Å².